The molecule has 0 radical (unpaired) electrons. The highest BCUT2D eigenvalue weighted by Gasteiger charge is 2.01. The summed E-state index contributed by atoms with van der Waals surface area (Å²) in [5, 5.41) is 0. The fraction of sp³-hybridized carbons (Fsp3) is 0.385. The van der Waals surface area contributed by atoms with E-state index in [0.29, 0.717) is 13.2 Å². The van der Waals surface area contributed by atoms with Gasteiger partial charge in [-0.25, -0.2) is 0 Å². The van der Waals surface area contributed by atoms with Crippen LogP contribution in [0.1, 0.15) is 13.3 Å². The van der Waals surface area contributed by atoms with Gasteiger partial charge in [0.05, 0.1) is 19.3 Å². The summed E-state index contributed by atoms with van der Waals surface area (Å²) in [6, 6.07) is 9.72. The number of ether oxygens (including phenoxy) is 2. The molecule has 0 saturated carbocycles. The Labute approximate surface area is 112 Å². The van der Waals surface area contributed by atoms with E-state index in [1.54, 1.807) is 6.08 Å². The van der Waals surface area contributed by atoms with E-state index in [9.17, 15) is 0 Å². The molecule has 0 heterocycles. The van der Waals surface area contributed by atoms with Gasteiger partial charge in [0.25, 0.3) is 0 Å². The molecule has 1 aromatic carbocycles. The van der Waals surface area contributed by atoms with Crippen molar-refractivity contribution in [2.75, 3.05) is 13.2 Å². The lowest BCUT2D eigenvalue weighted by Gasteiger charge is -2.12. The van der Waals surface area contributed by atoms with Crippen LogP contribution in [-0.4, -0.2) is 19.3 Å². The Morgan fingerprint density at radius 3 is 2.65 bits per heavy atom. The van der Waals surface area contributed by atoms with Gasteiger partial charge in [-0.15, -0.1) is 0 Å². The summed E-state index contributed by atoms with van der Waals surface area (Å²) in [6.07, 6.45) is 2.56. The average molecular weight is 275 g/mol. The SMILES string of the molecule is CC(CCOc1ccccc1)OCC=C(Cl)Cl. The molecule has 2 nitrogen and oxygen atoms in total. The Hall–Kier alpha value is -0.700. The normalized spacial score (nSPS) is 11.9. The molecule has 0 spiro atoms. The number of para-hydroxylation sites is 1. The zero-order valence-electron chi connectivity index (χ0n) is 9.74. The second kappa shape index (κ2) is 8.40. The first-order valence-electron chi connectivity index (χ1n) is 5.49. The minimum atomic E-state index is 0.114. The van der Waals surface area contributed by atoms with E-state index in [2.05, 4.69) is 0 Å². The molecule has 0 fully saturated rings. The molecule has 0 aliphatic heterocycles. The molecule has 0 aliphatic carbocycles. The first-order valence-corrected chi connectivity index (χ1v) is 6.24. The summed E-state index contributed by atoms with van der Waals surface area (Å²) < 4.78 is 11.3. The summed E-state index contributed by atoms with van der Waals surface area (Å²) in [7, 11) is 0. The van der Waals surface area contributed by atoms with Crippen molar-refractivity contribution in [1.29, 1.82) is 0 Å². The molecular formula is C13H16Cl2O2. The summed E-state index contributed by atoms with van der Waals surface area (Å²) >= 11 is 10.9. The third-order valence-electron chi connectivity index (χ3n) is 2.15. The Morgan fingerprint density at radius 1 is 1.29 bits per heavy atom. The summed E-state index contributed by atoms with van der Waals surface area (Å²) in [4.78, 5) is 0. The van der Waals surface area contributed by atoms with Gasteiger partial charge in [0.1, 0.15) is 10.2 Å². The lowest BCUT2D eigenvalue weighted by atomic mass is 10.3. The predicted octanol–water partition coefficient (Wildman–Crippen LogP) is 4.18. The van der Waals surface area contributed by atoms with Crippen LogP contribution in [0.2, 0.25) is 0 Å². The van der Waals surface area contributed by atoms with Crippen LogP contribution in [0, 0.1) is 0 Å². The predicted molar refractivity (Wildman–Crippen MR) is 71.8 cm³/mol. The third kappa shape index (κ3) is 7.27. The van der Waals surface area contributed by atoms with Crippen molar-refractivity contribution in [3.63, 3.8) is 0 Å². The van der Waals surface area contributed by atoms with E-state index >= 15 is 0 Å². The van der Waals surface area contributed by atoms with Gasteiger partial charge in [-0.1, -0.05) is 41.4 Å². The minimum absolute atomic E-state index is 0.114. The number of benzene rings is 1. The molecule has 0 saturated heterocycles. The monoisotopic (exact) mass is 274 g/mol. The quantitative estimate of drug-likeness (QED) is 0.743. The molecule has 0 aliphatic rings. The van der Waals surface area contributed by atoms with Gasteiger partial charge in [-0.3, -0.25) is 0 Å². The lowest BCUT2D eigenvalue weighted by Crippen LogP contribution is -2.13. The average Bonchev–Trinajstić information content (AvgIpc) is 2.30. The van der Waals surface area contributed by atoms with E-state index in [4.69, 9.17) is 32.7 Å². The number of hydrogen-bond acceptors (Lipinski definition) is 2. The van der Waals surface area contributed by atoms with Crippen molar-refractivity contribution in [3.05, 3.63) is 40.9 Å². The summed E-state index contributed by atoms with van der Waals surface area (Å²) in [6.45, 7) is 3.04. The molecule has 0 N–H and O–H groups in total. The Morgan fingerprint density at radius 2 is 2.00 bits per heavy atom. The lowest BCUT2D eigenvalue weighted by molar-refractivity contribution is 0.0700. The summed E-state index contributed by atoms with van der Waals surface area (Å²) in [5.41, 5.74) is 0. The van der Waals surface area contributed by atoms with Gasteiger partial charge in [0.15, 0.2) is 0 Å². The van der Waals surface area contributed by atoms with Crippen molar-refractivity contribution in [3.8, 4) is 5.75 Å². The Bertz CT molecular complexity index is 335. The Balaban J connectivity index is 2.12. The van der Waals surface area contributed by atoms with Crippen LogP contribution in [-0.2, 0) is 4.74 Å². The summed E-state index contributed by atoms with van der Waals surface area (Å²) in [5.74, 6) is 0.878. The van der Waals surface area contributed by atoms with Gasteiger partial charge in [-0.2, -0.15) is 0 Å². The zero-order valence-corrected chi connectivity index (χ0v) is 11.2. The van der Waals surface area contributed by atoms with Crippen molar-refractivity contribution in [1.82, 2.24) is 0 Å². The van der Waals surface area contributed by atoms with Crippen LogP contribution < -0.4 is 4.74 Å². The van der Waals surface area contributed by atoms with Gasteiger partial charge in [0.2, 0.25) is 0 Å². The molecule has 0 amide bonds. The maximum atomic E-state index is 5.56. The van der Waals surface area contributed by atoms with Crippen molar-refractivity contribution < 1.29 is 9.47 Å². The zero-order chi connectivity index (χ0) is 12.5. The molecule has 1 atom stereocenters. The van der Waals surface area contributed by atoms with Crippen LogP contribution in [0.3, 0.4) is 0 Å². The molecule has 1 rings (SSSR count). The van der Waals surface area contributed by atoms with Gasteiger partial charge in [0, 0.05) is 6.42 Å². The molecule has 0 aromatic heterocycles. The van der Waals surface area contributed by atoms with Crippen molar-refractivity contribution >= 4 is 23.2 Å². The maximum Gasteiger partial charge on any atom is 0.119 e. The van der Waals surface area contributed by atoms with E-state index < -0.39 is 0 Å². The molecule has 1 aromatic rings. The van der Waals surface area contributed by atoms with Gasteiger partial charge < -0.3 is 9.47 Å². The van der Waals surface area contributed by atoms with Crippen LogP contribution in [0.4, 0.5) is 0 Å². The standard InChI is InChI=1S/C13H16Cl2O2/c1-11(16-10-8-13(14)15)7-9-17-12-5-3-2-4-6-12/h2-6,8,11H,7,9-10H2,1H3. The maximum absolute atomic E-state index is 5.56. The number of rotatable bonds is 7. The van der Waals surface area contributed by atoms with Crippen LogP contribution in [0.15, 0.2) is 40.9 Å². The molecule has 1 unspecified atom stereocenters. The molecule has 4 heteroatoms. The Kier molecular flexibility index (Phi) is 7.10. The highest BCUT2D eigenvalue weighted by Crippen LogP contribution is 2.10. The largest absolute Gasteiger partial charge is 0.493 e. The minimum Gasteiger partial charge on any atom is -0.493 e. The van der Waals surface area contributed by atoms with Crippen LogP contribution >= 0.6 is 23.2 Å². The molecule has 17 heavy (non-hydrogen) atoms. The van der Waals surface area contributed by atoms with E-state index in [1.807, 2.05) is 37.3 Å². The fourth-order valence-corrected chi connectivity index (χ4v) is 1.34. The second-order valence-corrected chi connectivity index (χ2v) is 4.60. The third-order valence-corrected chi connectivity index (χ3v) is 2.46. The first kappa shape index (κ1) is 14.4. The van der Waals surface area contributed by atoms with Crippen molar-refractivity contribution in [2.24, 2.45) is 0 Å². The highest BCUT2D eigenvalue weighted by atomic mass is 35.5. The molecule has 0 bridgehead atoms. The van der Waals surface area contributed by atoms with Gasteiger partial charge in [-0.05, 0) is 25.1 Å². The van der Waals surface area contributed by atoms with Crippen LogP contribution in [0.25, 0.3) is 0 Å². The number of halogens is 2. The smallest absolute Gasteiger partial charge is 0.119 e. The fourth-order valence-electron chi connectivity index (χ4n) is 1.22. The molecular weight excluding hydrogens is 259 g/mol. The van der Waals surface area contributed by atoms with E-state index in [-0.39, 0.29) is 10.6 Å². The number of hydrogen-bond donors (Lipinski definition) is 0. The van der Waals surface area contributed by atoms with Crippen molar-refractivity contribution in [2.45, 2.75) is 19.4 Å². The van der Waals surface area contributed by atoms with Gasteiger partial charge >= 0.3 is 0 Å². The topological polar surface area (TPSA) is 18.5 Å². The second-order valence-electron chi connectivity index (χ2n) is 3.59. The highest BCUT2D eigenvalue weighted by molar-refractivity contribution is 6.55. The molecule has 94 valence electrons. The van der Waals surface area contributed by atoms with E-state index in [0.717, 1.165) is 12.2 Å². The van der Waals surface area contributed by atoms with Crippen LogP contribution in [0.5, 0.6) is 5.75 Å². The van der Waals surface area contributed by atoms with E-state index in [1.165, 1.54) is 0 Å². The first-order chi connectivity index (χ1) is 8.18.